The van der Waals surface area contributed by atoms with Crippen LogP contribution in [-0.4, -0.2) is 24.3 Å². The molecular formula is C18H21NO2S. The van der Waals surface area contributed by atoms with Gasteiger partial charge in [-0.3, -0.25) is 4.79 Å². The summed E-state index contributed by atoms with van der Waals surface area (Å²) in [6, 6.07) is 17.9. The molecule has 0 aliphatic heterocycles. The van der Waals surface area contributed by atoms with Gasteiger partial charge in [-0.2, -0.15) is 0 Å². The number of carbonyl (C=O) groups excluding carboxylic acids is 1. The van der Waals surface area contributed by atoms with Crippen molar-refractivity contribution in [1.82, 2.24) is 5.32 Å². The summed E-state index contributed by atoms with van der Waals surface area (Å²) in [4.78, 5) is 13.2. The molecule has 0 saturated carbocycles. The van der Waals surface area contributed by atoms with Crippen LogP contribution in [0.4, 0.5) is 0 Å². The van der Waals surface area contributed by atoms with Crippen LogP contribution in [0.3, 0.4) is 0 Å². The van der Waals surface area contributed by atoms with E-state index in [9.17, 15) is 4.79 Å². The third-order valence-electron chi connectivity index (χ3n) is 3.08. The van der Waals surface area contributed by atoms with E-state index in [1.165, 1.54) is 4.90 Å². The first kappa shape index (κ1) is 16.4. The molecule has 0 radical (unpaired) electrons. The normalized spacial score (nSPS) is 11.7. The van der Waals surface area contributed by atoms with Gasteiger partial charge in [0.15, 0.2) is 6.10 Å². The van der Waals surface area contributed by atoms with Gasteiger partial charge in [-0.15, -0.1) is 11.8 Å². The van der Waals surface area contributed by atoms with E-state index in [-0.39, 0.29) is 5.91 Å². The molecular weight excluding hydrogens is 294 g/mol. The van der Waals surface area contributed by atoms with Crippen LogP contribution in [-0.2, 0) is 4.79 Å². The summed E-state index contributed by atoms with van der Waals surface area (Å²) in [6.07, 6.45) is -0.497. The van der Waals surface area contributed by atoms with Crippen molar-refractivity contribution in [3.8, 4) is 5.75 Å². The summed E-state index contributed by atoms with van der Waals surface area (Å²) in [6.45, 7) is 4.39. The number of nitrogens with one attached hydrogen (secondary N) is 1. The molecule has 2 aromatic carbocycles. The van der Waals surface area contributed by atoms with Crippen molar-refractivity contribution in [3.05, 3.63) is 60.2 Å². The number of rotatable bonds is 7. The zero-order chi connectivity index (χ0) is 15.8. The van der Waals surface area contributed by atoms with Crippen molar-refractivity contribution in [2.24, 2.45) is 0 Å². The molecule has 0 fully saturated rings. The van der Waals surface area contributed by atoms with Gasteiger partial charge in [0, 0.05) is 17.2 Å². The molecule has 116 valence electrons. The van der Waals surface area contributed by atoms with Crippen LogP contribution >= 0.6 is 11.8 Å². The highest BCUT2D eigenvalue weighted by Crippen LogP contribution is 2.16. The highest BCUT2D eigenvalue weighted by atomic mass is 32.2. The van der Waals surface area contributed by atoms with Crippen LogP contribution in [0.25, 0.3) is 0 Å². The number of carbonyl (C=O) groups is 1. The molecule has 0 bridgehead atoms. The molecule has 0 saturated heterocycles. The average Bonchev–Trinajstić information content (AvgIpc) is 2.52. The van der Waals surface area contributed by atoms with E-state index in [1.54, 1.807) is 18.7 Å². The zero-order valence-corrected chi connectivity index (χ0v) is 13.7. The van der Waals surface area contributed by atoms with Gasteiger partial charge in [0.25, 0.3) is 5.91 Å². The Bertz CT molecular complexity index is 601. The van der Waals surface area contributed by atoms with Gasteiger partial charge in [-0.05, 0) is 43.7 Å². The lowest BCUT2D eigenvalue weighted by atomic mass is 10.2. The van der Waals surface area contributed by atoms with Crippen LogP contribution < -0.4 is 10.1 Å². The number of hydrogen-bond acceptors (Lipinski definition) is 3. The maximum absolute atomic E-state index is 12.0. The minimum Gasteiger partial charge on any atom is -0.481 e. The van der Waals surface area contributed by atoms with E-state index in [2.05, 4.69) is 17.4 Å². The minimum absolute atomic E-state index is 0.0878. The van der Waals surface area contributed by atoms with E-state index >= 15 is 0 Å². The molecule has 2 aromatic rings. The Labute approximate surface area is 136 Å². The van der Waals surface area contributed by atoms with Gasteiger partial charge in [0.05, 0.1) is 0 Å². The quantitative estimate of drug-likeness (QED) is 0.626. The predicted octanol–water partition coefficient (Wildman–Crippen LogP) is 3.67. The molecule has 1 N–H and O–H groups in total. The number of hydrogen-bond donors (Lipinski definition) is 1. The molecule has 0 aliphatic carbocycles. The van der Waals surface area contributed by atoms with Crippen molar-refractivity contribution in [2.45, 2.75) is 24.8 Å². The summed E-state index contributed by atoms with van der Waals surface area (Å²) >= 11 is 1.72. The molecule has 0 aliphatic rings. The lowest BCUT2D eigenvalue weighted by molar-refractivity contribution is -0.127. The van der Waals surface area contributed by atoms with Crippen molar-refractivity contribution in [1.29, 1.82) is 0 Å². The van der Waals surface area contributed by atoms with Crippen molar-refractivity contribution in [2.75, 3.05) is 12.3 Å². The van der Waals surface area contributed by atoms with Crippen LogP contribution in [0.5, 0.6) is 5.75 Å². The Morgan fingerprint density at radius 2 is 1.95 bits per heavy atom. The molecule has 0 unspecified atom stereocenters. The van der Waals surface area contributed by atoms with E-state index in [1.807, 2.05) is 49.4 Å². The first-order chi connectivity index (χ1) is 10.6. The second-order valence-electron chi connectivity index (χ2n) is 5.03. The van der Waals surface area contributed by atoms with Gasteiger partial charge in [-0.1, -0.05) is 30.3 Å². The second-order valence-corrected chi connectivity index (χ2v) is 6.20. The van der Waals surface area contributed by atoms with Gasteiger partial charge in [-0.25, -0.2) is 0 Å². The maximum Gasteiger partial charge on any atom is 0.260 e. The Hall–Kier alpha value is -1.94. The number of benzene rings is 2. The van der Waals surface area contributed by atoms with Gasteiger partial charge >= 0.3 is 0 Å². The lowest BCUT2D eigenvalue weighted by Gasteiger charge is -2.15. The molecule has 3 nitrogen and oxygen atoms in total. The molecule has 0 aromatic heterocycles. The van der Waals surface area contributed by atoms with Crippen LogP contribution in [0.1, 0.15) is 12.5 Å². The Morgan fingerprint density at radius 3 is 2.68 bits per heavy atom. The van der Waals surface area contributed by atoms with E-state index in [0.717, 1.165) is 17.1 Å². The molecule has 22 heavy (non-hydrogen) atoms. The third-order valence-corrected chi connectivity index (χ3v) is 4.10. The largest absolute Gasteiger partial charge is 0.481 e. The number of aryl methyl sites for hydroxylation is 1. The smallest absolute Gasteiger partial charge is 0.260 e. The molecule has 0 spiro atoms. The van der Waals surface area contributed by atoms with Crippen LogP contribution in [0, 0.1) is 6.92 Å². The molecule has 4 heteroatoms. The first-order valence-corrected chi connectivity index (χ1v) is 8.32. The Morgan fingerprint density at radius 1 is 1.18 bits per heavy atom. The number of ether oxygens (including phenoxy) is 1. The monoisotopic (exact) mass is 315 g/mol. The summed E-state index contributed by atoms with van der Waals surface area (Å²) in [5.41, 5.74) is 1.12. The van der Waals surface area contributed by atoms with Gasteiger partial charge in [0.2, 0.25) is 0 Å². The highest BCUT2D eigenvalue weighted by molar-refractivity contribution is 7.99. The Kier molecular flexibility index (Phi) is 6.34. The first-order valence-electron chi connectivity index (χ1n) is 7.34. The summed E-state index contributed by atoms with van der Waals surface area (Å²) < 4.78 is 5.65. The topological polar surface area (TPSA) is 38.3 Å². The molecule has 1 amide bonds. The summed E-state index contributed by atoms with van der Waals surface area (Å²) in [7, 11) is 0. The molecule has 1 atom stereocenters. The summed E-state index contributed by atoms with van der Waals surface area (Å²) in [5, 5.41) is 2.90. The molecule has 2 rings (SSSR count). The van der Waals surface area contributed by atoms with E-state index in [0.29, 0.717) is 6.54 Å². The second kappa shape index (κ2) is 8.49. The standard InChI is InChI=1S/C18H21NO2S/c1-14-7-6-8-16(13-14)21-15(2)18(20)19-11-12-22-17-9-4-3-5-10-17/h3-10,13,15H,11-12H2,1-2H3,(H,19,20)/t15-/m1/s1. The predicted molar refractivity (Wildman–Crippen MR) is 91.4 cm³/mol. The molecule has 0 heterocycles. The van der Waals surface area contributed by atoms with E-state index in [4.69, 9.17) is 4.74 Å². The SMILES string of the molecule is Cc1cccc(O[C@H](C)C(=O)NCCSc2ccccc2)c1. The van der Waals surface area contributed by atoms with Crippen molar-refractivity contribution >= 4 is 17.7 Å². The van der Waals surface area contributed by atoms with Crippen LogP contribution in [0.15, 0.2) is 59.5 Å². The Balaban J connectivity index is 1.70. The summed E-state index contributed by atoms with van der Waals surface area (Å²) in [5.74, 6) is 1.48. The third kappa shape index (κ3) is 5.45. The van der Waals surface area contributed by atoms with Crippen molar-refractivity contribution < 1.29 is 9.53 Å². The maximum atomic E-state index is 12.0. The van der Waals surface area contributed by atoms with Gasteiger partial charge < -0.3 is 10.1 Å². The van der Waals surface area contributed by atoms with E-state index < -0.39 is 6.10 Å². The fourth-order valence-corrected chi connectivity index (χ4v) is 2.74. The van der Waals surface area contributed by atoms with Crippen LogP contribution in [0.2, 0.25) is 0 Å². The average molecular weight is 315 g/mol. The van der Waals surface area contributed by atoms with Gasteiger partial charge in [0.1, 0.15) is 5.75 Å². The minimum atomic E-state index is -0.497. The number of thioether (sulfide) groups is 1. The zero-order valence-electron chi connectivity index (χ0n) is 12.9. The van der Waals surface area contributed by atoms with Crippen molar-refractivity contribution in [3.63, 3.8) is 0 Å². The number of amides is 1. The lowest BCUT2D eigenvalue weighted by Crippen LogP contribution is -2.37. The highest BCUT2D eigenvalue weighted by Gasteiger charge is 2.13. The fourth-order valence-electron chi connectivity index (χ4n) is 1.95. The fraction of sp³-hybridized carbons (Fsp3) is 0.278.